The summed E-state index contributed by atoms with van der Waals surface area (Å²) in [5.41, 5.74) is 1.29. The molecule has 0 radical (unpaired) electrons. The van der Waals surface area contributed by atoms with Crippen LogP contribution in [-0.4, -0.2) is 74.0 Å². The zero-order valence-corrected chi connectivity index (χ0v) is 21.0. The van der Waals surface area contributed by atoms with Crippen molar-refractivity contribution in [3.8, 4) is 5.75 Å². The number of nitrogens with one attached hydrogen (secondary N) is 1. The second-order valence-corrected chi connectivity index (χ2v) is 9.13. The number of ether oxygens (including phenoxy) is 3. The summed E-state index contributed by atoms with van der Waals surface area (Å²) in [6.45, 7) is 6.56. The molecule has 1 atom stereocenters. The van der Waals surface area contributed by atoms with Crippen molar-refractivity contribution in [2.45, 2.75) is 45.9 Å². The number of allylic oxidation sites excluding steroid dienone is 2. The number of hydrogen-bond acceptors (Lipinski definition) is 7. The molecule has 1 aromatic rings. The summed E-state index contributed by atoms with van der Waals surface area (Å²) in [7, 11) is 1.34. The molecule has 0 aromatic heterocycles. The number of morpholine rings is 1. The second kappa shape index (κ2) is 12.0. The Morgan fingerprint density at radius 1 is 1.27 bits per heavy atom. The lowest BCUT2D eigenvalue weighted by molar-refractivity contribution is -0.167. The van der Waals surface area contributed by atoms with Crippen LogP contribution in [0.25, 0.3) is 0 Å². The molecular weight excluding hydrogens is 497 g/mol. The molecule has 2 aliphatic heterocycles. The van der Waals surface area contributed by atoms with Crippen LogP contribution in [0.5, 0.6) is 5.75 Å². The average molecular weight is 529 g/mol. The molecule has 0 saturated carbocycles. The molecule has 0 aliphatic carbocycles. The molecule has 3 rings (SSSR count). The molecule has 1 saturated heterocycles. The Bertz CT molecular complexity index is 1080. The molecule has 9 nitrogen and oxygen atoms in total. The van der Waals surface area contributed by atoms with Gasteiger partial charge in [-0.15, -0.1) is 0 Å². The maximum absolute atomic E-state index is 13.1. The number of cyclic esters (lactones) is 1. The van der Waals surface area contributed by atoms with Gasteiger partial charge in [-0.1, -0.05) is 11.6 Å². The maximum Gasteiger partial charge on any atom is 0.471 e. The highest BCUT2D eigenvalue weighted by Crippen LogP contribution is 2.42. The molecule has 0 bridgehead atoms. The lowest BCUT2D eigenvalue weighted by atomic mass is 9.92. The zero-order valence-electron chi connectivity index (χ0n) is 21.0. The van der Waals surface area contributed by atoms with Gasteiger partial charge in [0, 0.05) is 24.2 Å². The van der Waals surface area contributed by atoms with E-state index in [1.54, 1.807) is 19.9 Å². The van der Waals surface area contributed by atoms with Crippen LogP contribution in [0, 0.1) is 12.8 Å². The van der Waals surface area contributed by atoms with Gasteiger partial charge in [-0.05, 0) is 45.2 Å². The highest BCUT2D eigenvalue weighted by Gasteiger charge is 2.41. The number of carboxylic acids is 1. The van der Waals surface area contributed by atoms with E-state index in [-0.39, 0.29) is 42.0 Å². The van der Waals surface area contributed by atoms with E-state index >= 15 is 0 Å². The van der Waals surface area contributed by atoms with Crippen LogP contribution in [0.2, 0.25) is 0 Å². The number of nitrogens with zero attached hydrogens (tertiary/aromatic N) is 1. The molecule has 2 heterocycles. The molecule has 12 heteroatoms. The van der Waals surface area contributed by atoms with Gasteiger partial charge in [0.05, 0.1) is 37.5 Å². The van der Waals surface area contributed by atoms with Crippen molar-refractivity contribution < 1.29 is 46.9 Å². The highest BCUT2D eigenvalue weighted by molar-refractivity contribution is 6.07. The Morgan fingerprint density at radius 3 is 2.54 bits per heavy atom. The molecule has 1 fully saturated rings. The van der Waals surface area contributed by atoms with Crippen molar-refractivity contribution in [2.75, 3.05) is 45.3 Å². The second-order valence-electron chi connectivity index (χ2n) is 9.13. The van der Waals surface area contributed by atoms with Crippen LogP contribution in [-0.2, 0) is 32.1 Å². The number of alkyl halides is 3. The summed E-state index contributed by atoms with van der Waals surface area (Å²) in [6, 6.07) is 0. The first-order chi connectivity index (χ1) is 17.4. The van der Waals surface area contributed by atoms with Gasteiger partial charge in [-0.2, -0.15) is 13.2 Å². The molecular formula is C25H31F3N2O7. The van der Waals surface area contributed by atoms with Crippen molar-refractivity contribution in [1.29, 1.82) is 0 Å². The first-order valence-corrected chi connectivity index (χ1v) is 11.9. The zero-order chi connectivity index (χ0) is 27.3. The number of aliphatic carboxylic acids is 1. The van der Waals surface area contributed by atoms with E-state index in [2.05, 4.69) is 4.90 Å². The third-order valence-electron chi connectivity index (χ3n) is 6.64. The summed E-state index contributed by atoms with van der Waals surface area (Å²) in [6.07, 6.45) is -2.83. The number of carbonyl (C=O) groups excluding carboxylic acids is 2. The Balaban J connectivity index is 1.87. The van der Waals surface area contributed by atoms with Gasteiger partial charge in [0.15, 0.2) is 0 Å². The summed E-state index contributed by atoms with van der Waals surface area (Å²) in [4.78, 5) is 38.2. The first-order valence-electron chi connectivity index (χ1n) is 11.9. The minimum absolute atomic E-state index is 0.000317. The number of anilines is 1. The third kappa shape index (κ3) is 6.80. The number of carboxylic acid groups (broad SMARTS) is 1. The van der Waals surface area contributed by atoms with Crippen LogP contribution in [0.3, 0.4) is 0 Å². The maximum atomic E-state index is 13.1. The number of methoxy groups -OCH3 is 1. The normalized spacial score (nSPS) is 17.2. The minimum atomic E-state index is -5.17. The summed E-state index contributed by atoms with van der Waals surface area (Å²) < 4.78 is 55.0. The van der Waals surface area contributed by atoms with E-state index in [1.807, 2.05) is 5.32 Å². The van der Waals surface area contributed by atoms with Crippen molar-refractivity contribution in [3.05, 3.63) is 33.9 Å². The fourth-order valence-electron chi connectivity index (χ4n) is 4.60. The molecule has 1 aromatic carbocycles. The van der Waals surface area contributed by atoms with Crippen LogP contribution < -0.4 is 10.1 Å². The highest BCUT2D eigenvalue weighted by atomic mass is 19.4. The Hall–Kier alpha value is -3.12. The van der Waals surface area contributed by atoms with Gasteiger partial charge in [-0.3, -0.25) is 14.5 Å². The monoisotopic (exact) mass is 528 g/mol. The minimum Gasteiger partial charge on any atom is -0.496 e. The van der Waals surface area contributed by atoms with Gasteiger partial charge < -0.3 is 24.6 Å². The van der Waals surface area contributed by atoms with E-state index < -0.39 is 29.9 Å². The Kier molecular flexibility index (Phi) is 9.19. The van der Waals surface area contributed by atoms with Gasteiger partial charge in [0.1, 0.15) is 12.4 Å². The van der Waals surface area contributed by atoms with E-state index in [0.717, 1.165) is 13.1 Å². The van der Waals surface area contributed by atoms with E-state index in [4.69, 9.17) is 14.2 Å². The van der Waals surface area contributed by atoms with Crippen molar-refractivity contribution in [3.63, 3.8) is 0 Å². The lowest BCUT2D eigenvalue weighted by Gasteiger charge is -2.27. The molecule has 0 spiro atoms. The number of fused-ring (bicyclic) bond motifs is 1. The topological polar surface area (TPSA) is 114 Å². The predicted octanol–water partition coefficient (Wildman–Crippen LogP) is 3.48. The van der Waals surface area contributed by atoms with Gasteiger partial charge >= 0.3 is 24.0 Å². The van der Waals surface area contributed by atoms with Crippen LogP contribution in [0.15, 0.2) is 11.6 Å². The average Bonchev–Trinajstić information content (AvgIpc) is 3.23. The largest absolute Gasteiger partial charge is 0.496 e. The summed E-state index contributed by atoms with van der Waals surface area (Å²) in [5.74, 6) is -4.43. The number of benzene rings is 1. The van der Waals surface area contributed by atoms with Gasteiger partial charge in [-0.25, -0.2) is 4.79 Å². The third-order valence-corrected chi connectivity index (χ3v) is 6.64. The van der Waals surface area contributed by atoms with Gasteiger partial charge in [0.2, 0.25) is 0 Å². The van der Waals surface area contributed by atoms with Crippen LogP contribution >= 0.6 is 0 Å². The predicted molar refractivity (Wildman–Crippen MR) is 127 cm³/mol. The molecule has 2 N–H and O–H groups in total. The molecule has 37 heavy (non-hydrogen) atoms. The Morgan fingerprint density at radius 2 is 1.95 bits per heavy atom. The smallest absolute Gasteiger partial charge is 0.471 e. The molecule has 1 amide bonds. The fraction of sp³-hybridized carbons (Fsp3) is 0.560. The Labute approximate surface area is 212 Å². The quantitative estimate of drug-likeness (QED) is 0.351. The number of esters is 1. The van der Waals surface area contributed by atoms with Crippen molar-refractivity contribution >= 4 is 23.5 Å². The molecule has 2 aliphatic rings. The molecule has 204 valence electrons. The van der Waals surface area contributed by atoms with E-state index in [0.29, 0.717) is 42.9 Å². The SMILES string of the molecule is COc1c(C)c2c(c(NC(=O)C(F)(F)F)c1CC=C(C)CC(CCN1CCOCC1)C(=O)O)C(=O)OC2. The first kappa shape index (κ1) is 28.5. The number of halogens is 3. The standard InChI is InChI=1S/C25H31F3N2O7/c1-14(12-16(22(31)32)6-7-30-8-10-36-11-9-30)4-5-17-20(29-24(34)25(26,27)28)19-18(13-37-23(19)33)15(2)21(17)35-3/h4,16H,5-13H2,1-3H3,(H,29,34)(H,31,32). The lowest BCUT2D eigenvalue weighted by Crippen LogP contribution is -2.38. The number of hydrogen-bond donors (Lipinski definition) is 2. The number of amides is 1. The van der Waals surface area contributed by atoms with Crippen LogP contribution in [0.4, 0.5) is 18.9 Å². The van der Waals surface area contributed by atoms with Crippen molar-refractivity contribution in [1.82, 2.24) is 4.90 Å². The van der Waals surface area contributed by atoms with Crippen LogP contribution in [0.1, 0.15) is 46.8 Å². The summed E-state index contributed by atoms with van der Waals surface area (Å²) >= 11 is 0. The summed E-state index contributed by atoms with van der Waals surface area (Å²) in [5, 5.41) is 11.6. The van der Waals surface area contributed by atoms with E-state index in [9.17, 15) is 32.7 Å². The molecule has 1 unspecified atom stereocenters. The number of rotatable bonds is 10. The van der Waals surface area contributed by atoms with Gasteiger partial charge in [0.25, 0.3) is 0 Å². The number of carbonyl (C=O) groups is 3. The van der Waals surface area contributed by atoms with Crippen molar-refractivity contribution in [2.24, 2.45) is 5.92 Å². The van der Waals surface area contributed by atoms with E-state index in [1.165, 1.54) is 7.11 Å². The fourth-order valence-corrected chi connectivity index (χ4v) is 4.60.